The van der Waals surface area contributed by atoms with Gasteiger partial charge in [0.25, 0.3) is 0 Å². The fourth-order valence-electron chi connectivity index (χ4n) is 3.04. The predicted octanol–water partition coefficient (Wildman–Crippen LogP) is 6.44. The molecule has 0 aromatic heterocycles. The number of Topliss-reactive ketones (excluding diaryl/α,β-unsaturated/α-hetero) is 1. The molecule has 0 aliphatic carbocycles. The van der Waals surface area contributed by atoms with E-state index in [0.717, 1.165) is 11.3 Å². The van der Waals surface area contributed by atoms with Gasteiger partial charge in [-0.1, -0.05) is 35.3 Å². The fraction of sp³-hybridized carbons (Fsp3) is 0.174. The van der Waals surface area contributed by atoms with Crippen LogP contribution in [0, 0.1) is 0 Å². The molecule has 0 spiro atoms. The molecule has 0 radical (unpaired) electrons. The summed E-state index contributed by atoms with van der Waals surface area (Å²) < 4.78 is 10.7. The summed E-state index contributed by atoms with van der Waals surface area (Å²) in [5.41, 5.74) is 2.32. The Morgan fingerprint density at radius 3 is 2.28 bits per heavy atom. The second-order valence-corrected chi connectivity index (χ2v) is 7.33. The highest BCUT2D eigenvalue weighted by Crippen LogP contribution is 2.33. The van der Waals surface area contributed by atoms with Gasteiger partial charge in [0.2, 0.25) is 0 Å². The number of rotatable bonds is 8. The number of benzene rings is 3. The van der Waals surface area contributed by atoms with Gasteiger partial charge in [-0.25, -0.2) is 0 Å². The van der Waals surface area contributed by atoms with E-state index < -0.39 is 0 Å². The fourth-order valence-corrected chi connectivity index (χ4v) is 3.36. The van der Waals surface area contributed by atoms with E-state index in [2.05, 4.69) is 5.32 Å². The lowest BCUT2D eigenvalue weighted by molar-refractivity contribution is 0.0976. The maximum Gasteiger partial charge on any atom is 0.165 e. The quantitative estimate of drug-likeness (QED) is 0.418. The average Bonchev–Trinajstić information content (AvgIpc) is 2.73. The number of ether oxygens (including phenoxy) is 2. The van der Waals surface area contributed by atoms with Crippen LogP contribution < -0.4 is 14.8 Å². The zero-order valence-corrected chi connectivity index (χ0v) is 17.6. The molecule has 0 fully saturated rings. The molecular weight excluding hydrogens is 409 g/mol. The van der Waals surface area contributed by atoms with Gasteiger partial charge in [0, 0.05) is 27.7 Å². The van der Waals surface area contributed by atoms with Crippen LogP contribution >= 0.6 is 23.2 Å². The third-order valence-corrected chi connectivity index (χ3v) is 5.02. The van der Waals surface area contributed by atoms with Crippen molar-refractivity contribution >= 4 is 34.7 Å². The number of ketones is 1. The van der Waals surface area contributed by atoms with Crippen LogP contribution in [0.1, 0.15) is 28.4 Å². The van der Waals surface area contributed by atoms with Gasteiger partial charge in [-0.3, -0.25) is 4.79 Å². The van der Waals surface area contributed by atoms with E-state index in [0.29, 0.717) is 27.1 Å². The molecule has 1 N–H and O–H groups in total. The molecule has 3 aromatic carbocycles. The van der Waals surface area contributed by atoms with Crippen molar-refractivity contribution in [2.24, 2.45) is 0 Å². The van der Waals surface area contributed by atoms with Crippen molar-refractivity contribution in [3.05, 3.63) is 87.9 Å². The molecule has 0 aliphatic rings. The van der Waals surface area contributed by atoms with Crippen LogP contribution in [0.4, 0.5) is 5.69 Å². The van der Waals surface area contributed by atoms with Crippen molar-refractivity contribution in [1.82, 2.24) is 0 Å². The molecule has 6 heteroatoms. The number of carbonyl (C=O) groups excluding carboxylic acids is 1. The molecular formula is C23H21Cl2NO3. The third-order valence-electron chi connectivity index (χ3n) is 4.53. The van der Waals surface area contributed by atoms with Crippen LogP contribution in [0.15, 0.2) is 66.7 Å². The Morgan fingerprint density at radius 2 is 1.62 bits per heavy atom. The van der Waals surface area contributed by atoms with Gasteiger partial charge >= 0.3 is 0 Å². The highest BCUT2D eigenvalue weighted by atomic mass is 35.5. The topological polar surface area (TPSA) is 47.6 Å². The number of anilines is 1. The molecule has 0 aliphatic heterocycles. The first-order valence-corrected chi connectivity index (χ1v) is 9.78. The van der Waals surface area contributed by atoms with Gasteiger partial charge in [-0.05, 0) is 60.2 Å². The van der Waals surface area contributed by atoms with E-state index in [-0.39, 0.29) is 18.2 Å². The smallest absolute Gasteiger partial charge is 0.165 e. The van der Waals surface area contributed by atoms with Gasteiger partial charge in [0.05, 0.1) is 20.3 Å². The predicted molar refractivity (Wildman–Crippen MR) is 118 cm³/mol. The number of halogens is 2. The minimum Gasteiger partial charge on any atom is -0.493 e. The van der Waals surface area contributed by atoms with Gasteiger partial charge in [0.15, 0.2) is 17.3 Å². The number of methoxy groups -OCH3 is 2. The first kappa shape index (κ1) is 21.0. The lowest BCUT2D eigenvalue weighted by atomic mass is 9.97. The Balaban J connectivity index is 1.92. The molecule has 0 amide bonds. The Labute approximate surface area is 180 Å². The number of hydrogen-bond donors (Lipinski definition) is 1. The van der Waals surface area contributed by atoms with E-state index in [1.54, 1.807) is 44.6 Å². The standard InChI is InChI=1S/C23H21Cl2NO3/c1-28-22-11-8-16(12-23(22)29-2)20(26-19-5-3-4-18(25)13-19)14-21(27)15-6-9-17(24)10-7-15/h3-13,20,26H,14H2,1-2H3. The van der Waals surface area contributed by atoms with Gasteiger partial charge in [-0.2, -0.15) is 0 Å². The van der Waals surface area contributed by atoms with E-state index in [1.807, 2.05) is 36.4 Å². The van der Waals surface area contributed by atoms with Crippen molar-refractivity contribution in [3.8, 4) is 11.5 Å². The van der Waals surface area contributed by atoms with E-state index in [9.17, 15) is 4.79 Å². The SMILES string of the molecule is COc1ccc(C(CC(=O)c2ccc(Cl)cc2)Nc2cccc(Cl)c2)cc1OC. The average molecular weight is 430 g/mol. The lowest BCUT2D eigenvalue weighted by Gasteiger charge is -2.21. The van der Waals surface area contributed by atoms with Crippen LogP contribution in [0.3, 0.4) is 0 Å². The van der Waals surface area contributed by atoms with Crippen LogP contribution in [-0.2, 0) is 0 Å². The van der Waals surface area contributed by atoms with Gasteiger partial charge < -0.3 is 14.8 Å². The Bertz CT molecular complexity index is 990. The monoisotopic (exact) mass is 429 g/mol. The number of nitrogens with one attached hydrogen (secondary N) is 1. The zero-order valence-electron chi connectivity index (χ0n) is 16.1. The Morgan fingerprint density at radius 1 is 0.897 bits per heavy atom. The van der Waals surface area contributed by atoms with Crippen molar-refractivity contribution in [2.75, 3.05) is 19.5 Å². The van der Waals surface area contributed by atoms with Crippen LogP contribution in [0.5, 0.6) is 11.5 Å². The summed E-state index contributed by atoms with van der Waals surface area (Å²) in [7, 11) is 3.17. The van der Waals surface area contributed by atoms with Crippen molar-refractivity contribution < 1.29 is 14.3 Å². The Hall–Kier alpha value is -2.69. The summed E-state index contributed by atoms with van der Waals surface area (Å²) in [4.78, 5) is 12.9. The number of carbonyl (C=O) groups is 1. The summed E-state index contributed by atoms with van der Waals surface area (Å²) >= 11 is 12.1. The Kier molecular flexibility index (Phi) is 7.02. The van der Waals surface area contributed by atoms with Gasteiger partial charge in [0.1, 0.15) is 0 Å². The molecule has 0 saturated carbocycles. The molecule has 150 valence electrons. The van der Waals surface area contributed by atoms with Crippen molar-refractivity contribution in [1.29, 1.82) is 0 Å². The van der Waals surface area contributed by atoms with Crippen molar-refractivity contribution in [3.63, 3.8) is 0 Å². The summed E-state index contributed by atoms with van der Waals surface area (Å²) in [6, 6.07) is 19.6. The first-order chi connectivity index (χ1) is 14.0. The highest BCUT2D eigenvalue weighted by molar-refractivity contribution is 6.31. The van der Waals surface area contributed by atoms with Gasteiger partial charge in [-0.15, -0.1) is 0 Å². The summed E-state index contributed by atoms with van der Waals surface area (Å²) in [6.45, 7) is 0. The van der Waals surface area contributed by atoms with E-state index >= 15 is 0 Å². The molecule has 0 heterocycles. The highest BCUT2D eigenvalue weighted by Gasteiger charge is 2.19. The molecule has 0 saturated heterocycles. The van der Waals surface area contributed by atoms with E-state index in [4.69, 9.17) is 32.7 Å². The zero-order chi connectivity index (χ0) is 20.8. The molecule has 3 rings (SSSR count). The normalized spacial score (nSPS) is 11.6. The first-order valence-electron chi connectivity index (χ1n) is 9.03. The second kappa shape index (κ2) is 9.68. The summed E-state index contributed by atoms with van der Waals surface area (Å²) in [6.07, 6.45) is 0.240. The minimum atomic E-state index is -0.295. The molecule has 3 aromatic rings. The van der Waals surface area contributed by atoms with Crippen molar-refractivity contribution in [2.45, 2.75) is 12.5 Å². The van der Waals surface area contributed by atoms with E-state index in [1.165, 1.54) is 0 Å². The molecule has 1 unspecified atom stereocenters. The molecule has 0 bridgehead atoms. The second-order valence-electron chi connectivity index (χ2n) is 6.46. The van der Waals surface area contributed by atoms with Crippen LogP contribution in [0.2, 0.25) is 10.0 Å². The lowest BCUT2D eigenvalue weighted by Crippen LogP contribution is -2.16. The minimum absolute atomic E-state index is 0.00372. The maximum atomic E-state index is 12.9. The van der Waals surface area contributed by atoms with Crippen LogP contribution in [0.25, 0.3) is 0 Å². The molecule has 1 atom stereocenters. The molecule has 29 heavy (non-hydrogen) atoms. The molecule has 4 nitrogen and oxygen atoms in total. The third kappa shape index (κ3) is 5.43. The maximum absolute atomic E-state index is 12.9. The summed E-state index contributed by atoms with van der Waals surface area (Å²) in [5, 5.41) is 4.62. The number of hydrogen-bond acceptors (Lipinski definition) is 4. The van der Waals surface area contributed by atoms with Crippen LogP contribution in [-0.4, -0.2) is 20.0 Å². The largest absolute Gasteiger partial charge is 0.493 e. The summed E-state index contributed by atoms with van der Waals surface area (Å²) in [5.74, 6) is 1.22.